The number of rotatable bonds is 0. The maximum absolute atomic E-state index is 12.0. The molecule has 2 rings (SSSR count). The van der Waals surface area contributed by atoms with Crippen molar-refractivity contribution < 1.29 is 4.79 Å². The van der Waals surface area contributed by atoms with Crippen molar-refractivity contribution >= 4 is 5.91 Å². The molecule has 2 heteroatoms. The van der Waals surface area contributed by atoms with Gasteiger partial charge in [-0.05, 0) is 30.6 Å². The van der Waals surface area contributed by atoms with Crippen LogP contribution in [0.2, 0.25) is 0 Å². The van der Waals surface area contributed by atoms with E-state index in [1.807, 2.05) is 11.9 Å². The Bertz CT molecular complexity index is 247. The van der Waals surface area contributed by atoms with E-state index in [2.05, 4.69) is 13.8 Å². The van der Waals surface area contributed by atoms with Crippen LogP contribution in [0, 0.1) is 17.3 Å². The summed E-state index contributed by atoms with van der Waals surface area (Å²) in [6.45, 7) is 5.51. The van der Waals surface area contributed by atoms with Gasteiger partial charge in [0.05, 0.1) is 0 Å². The summed E-state index contributed by atoms with van der Waals surface area (Å²) in [6.07, 6.45) is 4.89. The standard InChI is InChI=1S/C12H21NO/c1-12(2)7-9-5-4-6-10(9)11(14)13(3)8-12/h9-10H,4-8H2,1-3H3/t9?,10-/m0/s1. The van der Waals surface area contributed by atoms with E-state index in [-0.39, 0.29) is 0 Å². The van der Waals surface area contributed by atoms with E-state index < -0.39 is 0 Å². The lowest BCUT2D eigenvalue weighted by Gasteiger charge is -2.27. The molecule has 80 valence electrons. The number of hydrogen-bond acceptors (Lipinski definition) is 1. The van der Waals surface area contributed by atoms with Gasteiger partial charge in [-0.1, -0.05) is 20.3 Å². The molecule has 0 aromatic carbocycles. The highest BCUT2D eigenvalue weighted by atomic mass is 16.2. The van der Waals surface area contributed by atoms with Crippen LogP contribution in [0.25, 0.3) is 0 Å². The van der Waals surface area contributed by atoms with Crippen molar-refractivity contribution in [2.45, 2.75) is 39.5 Å². The number of likely N-dealkylation sites (tertiary alicyclic amines) is 1. The summed E-state index contributed by atoms with van der Waals surface area (Å²) in [5.74, 6) is 1.42. The largest absolute Gasteiger partial charge is 0.345 e. The lowest BCUT2D eigenvalue weighted by atomic mass is 9.80. The Kier molecular flexibility index (Phi) is 2.32. The summed E-state index contributed by atoms with van der Waals surface area (Å²) < 4.78 is 0. The summed E-state index contributed by atoms with van der Waals surface area (Å²) >= 11 is 0. The molecular weight excluding hydrogens is 174 g/mol. The third kappa shape index (κ3) is 1.67. The van der Waals surface area contributed by atoms with Gasteiger partial charge in [0.25, 0.3) is 0 Å². The summed E-state index contributed by atoms with van der Waals surface area (Å²) in [5, 5.41) is 0. The minimum atomic E-state index is 0.314. The quantitative estimate of drug-likeness (QED) is 0.581. The van der Waals surface area contributed by atoms with E-state index >= 15 is 0 Å². The second kappa shape index (κ2) is 3.25. The normalized spacial score (nSPS) is 36.8. The van der Waals surface area contributed by atoms with Crippen LogP contribution in [0.4, 0.5) is 0 Å². The van der Waals surface area contributed by atoms with Crippen LogP contribution < -0.4 is 0 Å². The molecule has 1 saturated heterocycles. The average Bonchev–Trinajstić information content (AvgIpc) is 2.45. The van der Waals surface area contributed by atoms with Crippen LogP contribution in [-0.2, 0) is 4.79 Å². The minimum Gasteiger partial charge on any atom is -0.345 e. The molecule has 0 aromatic heterocycles. The van der Waals surface area contributed by atoms with E-state index in [1.54, 1.807) is 0 Å². The Labute approximate surface area is 86.7 Å². The first kappa shape index (κ1) is 10.0. The van der Waals surface area contributed by atoms with Crippen molar-refractivity contribution in [2.75, 3.05) is 13.6 Å². The zero-order valence-electron chi connectivity index (χ0n) is 9.55. The van der Waals surface area contributed by atoms with Crippen LogP contribution in [-0.4, -0.2) is 24.4 Å². The van der Waals surface area contributed by atoms with Gasteiger partial charge >= 0.3 is 0 Å². The molecular formula is C12H21NO. The third-order valence-electron chi connectivity index (χ3n) is 3.83. The monoisotopic (exact) mass is 195 g/mol. The van der Waals surface area contributed by atoms with Crippen molar-refractivity contribution in [1.29, 1.82) is 0 Å². The molecule has 2 nitrogen and oxygen atoms in total. The van der Waals surface area contributed by atoms with Crippen LogP contribution in [0.3, 0.4) is 0 Å². The maximum Gasteiger partial charge on any atom is 0.225 e. The van der Waals surface area contributed by atoms with E-state index in [0.717, 1.165) is 13.0 Å². The van der Waals surface area contributed by atoms with Gasteiger partial charge in [-0.3, -0.25) is 4.79 Å². The Morgan fingerprint density at radius 2 is 2.07 bits per heavy atom. The lowest BCUT2D eigenvalue weighted by Crippen LogP contribution is -2.35. The smallest absolute Gasteiger partial charge is 0.225 e. The summed E-state index contributed by atoms with van der Waals surface area (Å²) in [5.41, 5.74) is 0.314. The first-order chi connectivity index (χ1) is 6.49. The summed E-state index contributed by atoms with van der Waals surface area (Å²) in [7, 11) is 1.96. The number of nitrogens with zero attached hydrogens (tertiary/aromatic N) is 1. The molecule has 1 unspecified atom stereocenters. The van der Waals surface area contributed by atoms with Crippen molar-refractivity contribution in [3.8, 4) is 0 Å². The van der Waals surface area contributed by atoms with Gasteiger partial charge in [0, 0.05) is 19.5 Å². The van der Waals surface area contributed by atoms with Gasteiger partial charge in [0.1, 0.15) is 0 Å². The number of hydrogen-bond donors (Lipinski definition) is 0. The van der Waals surface area contributed by atoms with Crippen molar-refractivity contribution in [3.63, 3.8) is 0 Å². The van der Waals surface area contributed by atoms with Gasteiger partial charge < -0.3 is 4.90 Å². The highest BCUT2D eigenvalue weighted by Crippen LogP contribution is 2.43. The van der Waals surface area contributed by atoms with Crippen molar-refractivity contribution in [3.05, 3.63) is 0 Å². The zero-order chi connectivity index (χ0) is 10.3. The van der Waals surface area contributed by atoms with E-state index in [1.165, 1.54) is 19.3 Å². The molecule has 0 aromatic rings. The van der Waals surface area contributed by atoms with Crippen LogP contribution >= 0.6 is 0 Å². The molecule has 1 amide bonds. The third-order valence-corrected chi connectivity index (χ3v) is 3.83. The number of fused-ring (bicyclic) bond motifs is 1. The molecule has 2 aliphatic rings. The molecule has 0 N–H and O–H groups in total. The van der Waals surface area contributed by atoms with Gasteiger partial charge in [0.15, 0.2) is 0 Å². The molecule has 0 radical (unpaired) electrons. The fraction of sp³-hybridized carbons (Fsp3) is 0.917. The fourth-order valence-electron chi connectivity index (χ4n) is 3.38. The fourth-order valence-corrected chi connectivity index (χ4v) is 3.38. The van der Waals surface area contributed by atoms with Gasteiger partial charge in [-0.15, -0.1) is 0 Å². The Morgan fingerprint density at radius 3 is 2.79 bits per heavy atom. The number of carbonyl (C=O) groups is 1. The predicted octanol–water partition coefficient (Wildman–Crippen LogP) is 2.29. The highest BCUT2D eigenvalue weighted by Gasteiger charge is 2.41. The maximum atomic E-state index is 12.0. The predicted molar refractivity (Wildman–Crippen MR) is 56.9 cm³/mol. The molecule has 2 atom stereocenters. The van der Waals surface area contributed by atoms with Crippen LogP contribution in [0.1, 0.15) is 39.5 Å². The second-order valence-electron chi connectivity index (χ2n) is 5.86. The van der Waals surface area contributed by atoms with E-state index in [4.69, 9.17) is 0 Å². The van der Waals surface area contributed by atoms with Crippen LogP contribution in [0.15, 0.2) is 0 Å². The van der Waals surface area contributed by atoms with Gasteiger partial charge in [-0.2, -0.15) is 0 Å². The van der Waals surface area contributed by atoms with Crippen molar-refractivity contribution in [1.82, 2.24) is 4.90 Å². The Balaban J connectivity index is 2.22. The SMILES string of the molecule is CN1CC(C)(C)CC2CCC[C@@H]2C1=O. The molecule has 14 heavy (non-hydrogen) atoms. The lowest BCUT2D eigenvalue weighted by molar-refractivity contribution is -0.134. The summed E-state index contributed by atoms with van der Waals surface area (Å²) in [4.78, 5) is 14.0. The number of amides is 1. The first-order valence-corrected chi connectivity index (χ1v) is 5.75. The molecule has 0 spiro atoms. The molecule has 1 aliphatic heterocycles. The van der Waals surface area contributed by atoms with E-state index in [9.17, 15) is 4.79 Å². The molecule has 1 aliphatic carbocycles. The number of carbonyl (C=O) groups excluding carboxylic acids is 1. The molecule has 1 saturated carbocycles. The molecule has 0 bridgehead atoms. The molecule has 1 heterocycles. The topological polar surface area (TPSA) is 20.3 Å². The zero-order valence-corrected chi connectivity index (χ0v) is 9.55. The van der Waals surface area contributed by atoms with Gasteiger partial charge in [0.2, 0.25) is 5.91 Å². The van der Waals surface area contributed by atoms with Crippen molar-refractivity contribution in [2.24, 2.45) is 17.3 Å². The second-order valence-corrected chi connectivity index (χ2v) is 5.86. The first-order valence-electron chi connectivity index (χ1n) is 5.75. The Hall–Kier alpha value is -0.530. The summed E-state index contributed by atoms with van der Waals surface area (Å²) in [6, 6.07) is 0. The average molecular weight is 195 g/mol. The minimum absolute atomic E-state index is 0.314. The van der Waals surface area contributed by atoms with Crippen LogP contribution in [0.5, 0.6) is 0 Å². The molecule has 2 fully saturated rings. The highest BCUT2D eigenvalue weighted by molar-refractivity contribution is 5.79. The van der Waals surface area contributed by atoms with Gasteiger partial charge in [-0.25, -0.2) is 0 Å². The van der Waals surface area contributed by atoms with E-state index in [0.29, 0.717) is 23.2 Å². The Morgan fingerprint density at radius 1 is 1.36 bits per heavy atom.